The summed E-state index contributed by atoms with van der Waals surface area (Å²) in [5, 5.41) is 9.17. The predicted octanol–water partition coefficient (Wildman–Crippen LogP) is 4.10. The van der Waals surface area contributed by atoms with Gasteiger partial charge < -0.3 is 9.84 Å². The molecule has 20 heavy (non-hydrogen) atoms. The minimum Gasteiger partial charge on any atom is -0.490 e. The fourth-order valence-corrected chi connectivity index (χ4v) is 2.63. The van der Waals surface area contributed by atoms with Gasteiger partial charge in [-0.25, -0.2) is 4.79 Å². The molecule has 102 valence electrons. The zero-order valence-electron chi connectivity index (χ0n) is 10.8. The SMILES string of the molecule is C=CCOc1cccc(Sc2ccccc2C(=O)O)c1. The lowest BCUT2D eigenvalue weighted by Crippen LogP contribution is -1.98. The molecule has 0 saturated heterocycles. The summed E-state index contributed by atoms with van der Waals surface area (Å²) in [5.74, 6) is -0.185. The summed E-state index contributed by atoms with van der Waals surface area (Å²) in [4.78, 5) is 12.8. The zero-order chi connectivity index (χ0) is 14.4. The van der Waals surface area contributed by atoms with E-state index in [0.717, 1.165) is 10.6 Å². The number of carbonyl (C=O) groups is 1. The smallest absolute Gasteiger partial charge is 0.336 e. The summed E-state index contributed by atoms with van der Waals surface area (Å²) in [6.45, 7) is 4.05. The molecule has 0 saturated carbocycles. The monoisotopic (exact) mass is 286 g/mol. The van der Waals surface area contributed by atoms with Crippen LogP contribution in [0.5, 0.6) is 5.75 Å². The van der Waals surface area contributed by atoms with Crippen LogP contribution in [0.15, 0.2) is 71.0 Å². The van der Waals surface area contributed by atoms with E-state index >= 15 is 0 Å². The van der Waals surface area contributed by atoms with Crippen LogP contribution in [0.4, 0.5) is 0 Å². The van der Waals surface area contributed by atoms with Crippen LogP contribution in [0.25, 0.3) is 0 Å². The first-order valence-electron chi connectivity index (χ1n) is 6.04. The van der Waals surface area contributed by atoms with Gasteiger partial charge in [0.05, 0.1) is 5.56 Å². The first-order chi connectivity index (χ1) is 9.70. The molecule has 0 radical (unpaired) electrons. The summed E-state index contributed by atoms with van der Waals surface area (Å²) < 4.78 is 5.46. The van der Waals surface area contributed by atoms with Crippen LogP contribution in [0, 0.1) is 0 Å². The molecule has 0 aliphatic rings. The number of aromatic carboxylic acids is 1. The topological polar surface area (TPSA) is 46.5 Å². The van der Waals surface area contributed by atoms with Gasteiger partial charge in [-0.1, -0.05) is 42.6 Å². The largest absolute Gasteiger partial charge is 0.490 e. The van der Waals surface area contributed by atoms with Crippen molar-refractivity contribution in [2.75, 3.05) is 6.61 Å². The number of carboxylic acid groups (broad SMARTS) is 1. The standard InChI is InChI=1S/C16H14O3S/c1-2-10-19-12-6-5-7-13(11-12)20-15-9-4-3-8-14(15)16(17)18/h2-9,11H,1,10H2,(H,17,18). The maximum Gasteiger partial charge on any atom is 0.336 e. The van der Waals surface area contributed by atoms with Crippen molar-refractivity contribution < 1.29 is 14.6 Å². The van der Waals surface area contributed by atoms with E-state index < -0.39 is 5.97 Å². The number of rotatable bonds is 6. The lowest BCUT2D eigenvalue weighted by Gasteiger charge is -2.08. The first-order valence-corrected chi connectivity index (χ1v) is 6.86. The molecular weight excluding hydrogens is 272 g/mol. The molecule has 2 rings (SSSR count). The average molecular weight is 286 g/mol. The third-order valence-electron chi connectivity index (χ3n) is 2.52. The number of ether oxygens (including phenoxy) is 1. The van der Waals surface area contributed by atoms with Gasteiger partial charge in [0.15, 0.2) is 0 Å². The highest BCUT2D eigenvalue weighted by molar-refractivity contribution is 7.99. The van der Waals surface area contributed by atoms with Gasteiger partial charge in [-0.15, -0.1) is 0 Å². The van der Waals surface area contributed by atoms with Gasteiger partial charge in [0.25, 0.3) is 0 Å². The molecule has 0 aromatic heterocycles. The van der Waals surface area contributed by atoms with Crippen molar-refractivity contribution in [1.82, 2.24) is 0 Å². The van der Waals surface area contributed by atoms with Gasteiger partial charge in [0, 0.05) is 9.79 Å². The second-order valence-corrected chi connectivity index (χ2v) is 5.09. The van der Waals surface area contributed by atoms with E-state index in [0.29, 0.717) is 17.1 Å². The molecule has 3 nitrogen and oxygen atoms in total. The van der Waals surface area contributed by atoms with Gasteiger partial charge in [-0.05, 0) is 30.3 Å². The molecule has 0 heterocycles. The van der Waals surface area contributed by atoms with Crippen LogP contribution in [0.3, 0.4) is 0 Å². The Balaban J connectivity index is 2.22. The molecule has 2 aromatic rings. The first kappa shape index (κ1) is 14.2. The third-order valence-corrected chi connectivity index (χ3v) is 3.58. The summed E-state index contributed by atoms with van der Waals surface area (Å²) in [7, 11) is 0. The van der Waals surface area contributed by atoms with Crippen LogP contribution < -0.4 is 4.74 Å². The fourth-order valence-electron chi connectivity index (χ4n) is 1.64. The van der Waals surface area contributed by atoms with E-state index in [2.05, 4.69) is 6.58 Å². The second kappa shape index (κ2) is 6.82. The maximum atomic E-state index is 11.2. The molecule has 4 heteroatoms. The Morgan fingerprint density at radius 3 is 2.80 bits per heavy atom. The van der Waals surface area contributed by atoms with E-state index in [-0.39, 0.29) is 0 Å². The second-order valence-electron chi connectivity index (χ2n) is 3.98. The van der Waals surface area contributed by atoms with Crippen LogP contribution in [0.2, 0.25) is 0 Å². The number of carboxylic acids is 1. The molecule has 0 fully saturated rings. The number of hydrogen-bond donors (Lipinski definition) is 1. The Hall–Kier alpha value is -2.20. The lowest BCUT2D eigenvalue weighted by molar-refractivity contribution is 0.0693. The molecule has 0 aliphatic heterocycles. The Morgan fingerprint density at radius 1 is 1.25 bits per heavy atom. The van der Waals surface area contributed by atoms with Crippen molar-refractivity contribution in [3.05, 3.63) is 66.7 Å². The molecule has 0 atom stereocenters. The van der Waals surface area contributed by atoms with Crippen LogP contribution in [-0.4, -0.2) is 17.7 Å². The van der Waals surface area contributed by atoms with Crippen molar-refractivity contribution in [2.24, 2.45) is 0 Å². The van der Waals surface area contributed by atoms with E-state index in [1.165, 1.54) is 11.8 Å². The zero-order valence-corrected chi connectivity index (χ0v) is 11.6. The van der Waals surface area contributed by atoms with E-state index in [1.807, 2.05) is 30.3 Å². The van der Waals surface area contributed by atoms with Crippen molar-refractivity contribution in [3.63, 3.8) is 0 Å². The highest BCUT2D eigenvalue weighted by Crippen LogP contribution is 2.32. The lowest BCUT2D eigenvalue weighted by atomic mass is 10.2. The Kier molecular flexibility index (Phi) is 4.85. The molecular formula is C16H14O3S. The molecule has 0 bridgehead atoms. The molecule has 0 spiro atoms. The highest BCUT2D eigenvalue weighted by Gasteiger charge is 2.10. The average Bonchev–Trinajstić information content (AvgIpc) is 2.46. The van der Waals surface area contributed by atoms with E-state index in [4.69, 9.17) is 9.84 Å². The molecule has 0 aliphatic carbocycles. The van der Waals surface area contributed by atoms with Crippen molar-refractivity contribution in [3.8, 4) is 5.75 Å². The van der Waals surface area contributed by atoms with Crippen molar-refractivity contribution >= 4 is 17.7 Å². The van der Waals surface area contributed by atoms with Crippen LogP contribution in [-0.2, 0) is 0 Å². The minimum atomic E-state index is -0.924. The van der Waals surface area contributed by atoms with E-state index in [1.54, 1.807) is 24.3 Å². The van der Waals surface area contributed by atoms with Gasteiger partial charge in [-0.2, -0.15) is 0 Å². The van der Waals surface area contributed by atoms with Crippen LogP contribution in [0.1, 0.15) is 10.4 Å². The van der Waals surface area contributed by atoms with Gasteiger partial charge in [0.1, 0.15) is 12.4 Å². The highest BCUT2D eigenvalue weighted by atomic mass is 32.2. The third kappa shape index (κ3) is 3.65. The predicted molar refractivity (Wildman–Crippen MR) is 79.7 cm³/mol. The quantitative estimate of drug-likeness (QED) is 0.812. The fraction of sp³-hybridized carbons (Fsp3) is 0.0625. The van der Waals surface area contributed by atoms with Crippen LogP contribution >= 0.6 is 11.8 Å². The molecule has 0 unspecified atom stereocenters. The molecule has 2 aromatic carbocycles. The number of hydrogen-bond acceptors (Lipinski definition) is 3. The molecule has 1 N–H and O–H groups in total. The minimum absolute atomic E-state index is 0.301. The Bertz CT molecular complexity index is 623. The van der Waals surface area contributed by atoms with Gasteiger partial charge in [0.2, 0.25) is 0 Å². The van der Waals surface area contributed by atoms with Gasteiger partial charge in [-0.3, -0.25) is 0 Å². The van der Waals surface area contributed by atoms with Crippen molar-refractivity contribution in [2.45, 2.75) is 9.79 Å². The Labute approximate surface area is 121 Å². The summed E-state index contributed by atoms with van der Waals surface area (Å²) >= 11 is 1.40. The normalized spacial score (nSPS) is 10.0. The van der Waals surface area contributed by atoms with E-state index in [9.17, 15) is 4.79 Å². The summed E-state index contributed by atoms with van der Waals surface area (Å²) in [6.07, 6.45) is 1.68. The van der Waals surface area contributed by atoms with Crippen molar-refractivity contribution in [1.29, 1.82) is 0 Å². The molecule has 0 amide bonds. The Morgan fingerprint density at radius 2 is 2.05 bits per heavy atom. The van der Waals surface area contributed by atoms with Gasteiger partial charge >= 0.3 is 5.97 Å². The summed E-state index contributed by atoms with van der Waals surface area (Å²) in [6, 6.07) is 14.5. The number of benzene rings is 2. The summed E-state index contributed by atoms with van der Waals surface area (Å²) in [5.41, 5.74) is 0.301. The maximum absolute atomic E-state index is 11.2.